The molecule has 0 aliphatic carbocycles. The Morgan fingerprint density at radius 1 is 1.21 bits per heavy atom. The van der Waals surface area contributed by atoms with Gasteiger partial charge in [0.25, 0.3) is 0 Å². The fraction of sp³-hybridized carbons (Fsp3) is 0.438. The van der Waals surface area contributed by atoms with Gasteiger partial charge >= 0.3 is 0 Å². The van der Waals surface area contributed by atoms with Crippen molar-refractivity contribution in [1.82, 2.24) is 14.9 Å². The van der Waals surface area contributed by atoms with Gasteiger partial charge in [-0.2, -0.15) is 0 Å². The summed E-state index contributed by atoms with van der Waals surface area (Å²) in [4.78, 5) is 4.09. The summed E-state index contributed by atoms with van der Waals surface area (Å²) in [7, 11) is 0. The van der Waals surface area contributed by atoms with Gasteiger partial charge in [-0.1, -0.05) is 38.1 Å². The summed E-state index contributed by atoms with van der Waals surface area (Å²) in [5, 5.41) is 3.50. The van der Waals surface area contributed by atoms with Crippen molar-refractivity contribution >= 4 is 0 Å². The van der Waals surface area contributed by atoms with Crippen LogP contribution >= 0.6 is 0 Å². The Hall–Kier alpha value is -1.61. The smallest absolute Gasteiger partial charge is 0.0949 e. The highest BCUT2D eigenvalue weighted by molar-refractivity contribution is 5.27. The van der Waals surface area contributed by atoms with E-state index in [1.54, 1.807) is 0 Å². The molecule has 1 aromatic heterocycles. The SMILES string of the molecule is CC(C)CNCCc1ccccc1Cn1ccnc1. The lowest BCUT2D eigenvalue weighted by Gasteiger charge is -2.11. The summed E-state index contributed by atoms with van der Waals surface area (Å²) in [5.41, 5.74) is 2.80. The van der Waals surface area contributed by atoms with Crippen LogP contribution in [0.2, 0.25) is 0 Å². The van der Waals surface area contributed by atoms with Gasteiger partial charge in [0.1, 0.15) is 0 Å². The highest BCUT2D eigenvalue weighted by atomic mass is 15.0. The first-order chi connectivity index (χ1) is 9.25. The minimum absolute atomic E-state index is 0.709. The molecule has 0 fully saturated rings. The molecule has 0 saturated heterocycles. The van der Waals surface area contributed by atoms with E-state index in [9.17, 15) is 0 Å². The van der Waals surface area contributed by atoms with Gasteiger partial charge in [0.05, 0.1) is 6.33 Å². The lowest BCUT2D eigenvalue weighted by molar-refractivity contribution is 0.553. The average molecular weight is 257 g/mol. The molecule has 102 valence electrons. The summed E-state index contributed by atoms with van der Waals surface area (Å²) < 4.78 is 2.11. The number of imidazole rings is 1. The van der Waals surface area contributed by atoms with Gasteiger partial charge < -0.3 is 9.88 Å². The third-order valence-electron chi connectivity index (χ3n) is 3.15. The maximum absolute atomic E-state index is 4.09. The average Bonchev–Trinajstić information content (AvgIpc) is 2.89. The third-order valence-corrected chi connectivity index (χ3v) is 3.15. The maximum atomic E-state index is 4.09. The predicted octanol–water partition coefficient (Wildman–Crippen LogP) is 2.72. The lowest BCUT2D eigenvalue weighted by atomic mass is 10.0. The predicted molar refractivity (Wildman–Crippen MR) is 79.2 cm³/mol. The van der Waals surface area contributed by atoms with Crippen molar-refractivity contribution in [2.24, 2.45) is 5.92 Å². The molecule has 3 heteroatoms. The van der Waals surface area contributed by atoms with Crippen LogP contribution in [0, 0.1) is 5.92 Å². The van der Waals surface area contributed by atoms with Crippen molar-refractivity contribution in [2.75, 3.05) is 13.1 Å². The standard InChI is InChI=1S/C16H23N3/c1-14(2)11-17-8-7-15-5-3-4-6-16(15)12-19-10-9-18-13-19/h3-6,9-10,13-14,17H,7-8,11-12H2,1-2H3. The molecule has 19 heavy (non-hydrogen) atoms. The Bertz CT molecular complexity index is 474. The van der Waals surface area contributed by atoms with Gasteiger partial charge in [0.2, 0.25) is 0 Å². The van der Waals surface area contributed by atoms with E-state index in [1.807, 2.05) is 18.7 Å². The minimum Gasteiger partial charge on any atom is -0.333 e. The Morgan fingerprint density at radius 2 is 2.00 bits per heavy atom. The van der Waals surface area contributed by atoms with Gasteiger partial charge in [-0.05, 0) is 36.6 Å². The molecule has 0 aliphatic rings. The molecule has 0 saturated carbocycles. The molecule has 1 aromatic carbocycles. The van der Waals surface area contributed by atoms with Gasteiger partial charge in [-0.15, -0.1) is 0 Å². The van der Waals surface area contributed by atoms with Crippen LogP contribution in [-0.4, -0.2) is 22.6 Å². The van der Waals surface area contributed by atoms with Crippen LogP contribution in [-0.2, 0) is 13.0 Å². The van der Waals surface area contributed by atoms with Crippen molar-refractivity contribution in [3.63, 3.8) is 0 Å². The normalized spacial score (nSPS) is 11.1. The number of hydrogen-bond donors (Lipinski definition) is 1. The fourth-order valence-corrected chi connectivity index (χ4v) is 2.15. The molecule has 0 atom stereocenters. The lowest BCUT2D eigenvalue weighted by Crippen LogP contribution is -2.22. The Kier molecular flexibility index (Phi) is 5.16. The molecular weight excluding hydrogens is 234 g/mol. The summed E-state index contributed by atoms with van der Waals surface area (Å²) in [6.07, 6.45) is 6.78. The highest BCUT2D eigenvalue weighted by Gasteiger charge is 2.02. The number of benzene rings is 1. The molecule has 0 bridgehead atoms. The summed E-state index contributed by atoms with van der Waals surface area (Å²) in [6.45, 7) is 7.50. The zero-order chi connectivity index (χ0) is 13.5. The van der Waals surface area contributed by atoms with Crippen LogP contribution in [0.1, 0.15) is 25.0 Å². The van der Waals surface area contributed by atoms with Gasteiger partial charge in [-0.3, -0.25) is 0 Å². The highest BCUT2D eigenvalue weighted by Crippen LogP contribution is 2.11. The molecule has 2 rings (SSSR count). The van der Waals surface area contributed by atoms with E-state index < -0.39 is 0 Å². The minimum atomic E-state index is 0.709. The second-order valence-corrected chi connectivity index (χ2v) is 5.35. The molecule has 0 radical (unpaired) electrons. The number of rotatable bonds is 7. The maximum Gasteiger partial charge on any atom is 0.0949 e. The second kappa shape index (κ2) is 7.10. The van der Waals surface area contributed by atoms with Crippen LogP contribution in [0.3, 0.4) is 0 Å². The number of aromatic nitrogens is 2. The van der Waals surface area contributed by atoms with Crippen molar-refractivity contribution in [1.29, 1.82) is 0 Å². The van der Waals surface area contributed by atoms with Crippen LogP contribution in [0.5, 0.6) is 0 Å². The monoisotopic (exact) mass is 257 g/mol. The summed E-state index contributed by atoms with van der Waals surface area (Å²) in [5.74, 6) is 0.709. The molecule has 2 aromatic rings. The van der Waals surface area contributed by atoms with E-state index in [4.69, 9.17) is 0 Å². The largest absolute Gasteiger partial charge is 0.333 e. The van der Waals surface area contributed by atoms with Crippen molar-refractivity contribution in [3.05, 3.63) is 54.1 Å². The van der Waals surface area contributed by atoms with Crippen LogP contribution in [0.25, 0.3) is 0 Å². The van der Waals surface area contributed by atoms with E-state index >= 15 is 0 Å². The van der Waals surface area contributed by atoms with Gasteiger partial charge in [-0.25, -0.2) is 4.98 Å². The van der Waals surface area contributed by atoms with Gasteiger partial charge in [0, 0.05) is 18.9 Å². The summed E-state index contributed by atoms with van der Waals surface area (Å²) >= 11 is 0. The molecule has 1 N–H and O–H groups in total. The van der Waals surface area contributed by atoms with Crippen LogP contribution in [0.15, 0.2) is 43.0 Å². The summed E-state index contributed by atoms with van der Waals surface area (Å²) in [6, 6.07) is 8.66. The first kappa shape index (κ1) is 13.8. The molecular formula is C16H23N3. The zero-order valence-electron chi connectivity index (χ0n) is 11.8. The number of hydrogen-bond acceptors (Lipinski definition) is 2. The topological polar surface area (TPSA) is 29.9 Å². The number of nitrogens with one attached hydrogen (secondary N) is 1. The van der Waals surface area contributed by atoms with E-state index in [-0.39, 0.29) is 0 Å². The quantitative estimate of drug-likeness (QED) is 0.773. The van der Waals surface area contributed by atoms with E-state index in [2.05, 4.69) is 53.0 Å². The number of nitrogens with zero attached hydrogens (tertiary/aromatic N) is 2. The molecule has 3 nitrogen and oxygen atoms in total. The first-order valence-corrected chi connectivity index (χ1v) is 6.99. The molecule has 0 spiro atoms. The van der Waals surface area contributed by atoms with Gasteiger partial charge in [0.15, 0.2) is 0 Å². The Labute approximate surface area is 115 Å². The zero-order valence-corrected chi connectivity index (χ0v) is 11.8. The Morgan fingerprint density at radius 3 is 2.68 bits per heavy atom. The van der Waals surface area contributed by atoms with Crippen molar-refractivity contribution in [3.8, 4) is 0 Å². The first-order valence-electron chi connectivity index (χ1n) is 6.99. The van der Waals surface area contributed by atoms with Crippen molar-refractivity contribution < 1.29 is 0 Å². The Balaban J connectivity index is 1.92. The van der Waals surface area contributed by atoms with Crippen LogP contribution < -0.4 is 5.32 Å². The molecule has 1 heterocycles. The molecule has 0 aliphatic heterocycles. The van der Waals surface area contributed by atoms with E-state index in [1.165, 1.54) is 11.1 Å². The molecule has 0 unspecified atom stereocenters. The van der Waals surface area contributed by atoms with E-state index in [0.717, 1.165) is 26.1 Å². The van der Waals surface area contributed by atoms with Crippen molar-refractivity contribution in [2.45, 2.75) is 26.8 Å². The van der Waals surface area contributed by atoms with Crippen LogP contribution in [0.4, 0.5) is 0 Å². The van der Waals surface area contributed by atoms with E-state index in [0.29, 0.717) is 5.92 Å². The molecule has 0 amide bonds. The fourth-order valence-electron chi connectivity index (χ4n) is 2.15. The second-order valence-electron chi connectivity index (χ2n) is 5.35. The third kappa shape index (κ3) is 4.52.